The van der Waals surface area contributed by atoms with Gasteiger partial charge in [0.15, 0.2) is 0 Å². The maximum Gasteiger partial charge on any atom is 0.233 e. The first-order chi connectivity index (χ1) is 10.7. The highest BCUT2D eigenvalue weighted by Crippen LogP contribution is 2.34. The average molecular weight is 301 g/mol. The number of nitrogens with zero attached hydrogens (tertiary/aromatic N) is 1. The second-order valence-electron chi connectivity index (χ2n) is 5.51. The van der Waals surface area contributed by atoms with E-state index in [9.17, 15) is 9.59 Å². The first-order valence-electron chi connectivity index (χ1n) is 7.48. The van der Waals surface area contributed by atoms with Crippen molar-refractivity contribution in [1.29, 1.82) is 0 Å². The molecule has 1 aliphatic carbocycles. The molecular weight excluding hydrogens is 282 g/mol. The van der Waals surface area contributed by atoms with Crippen LogP contribution in [-0.4, -0.2) is 37.0 Å². The molecule has 22 heavy (non-hydrogen) atoms. The molecule has 0 aromatic heterocycles. The largest absolute Gasteiger partial charge is 0.497 e. The smallest absolute Gasteiger partial charge is 0.233 e. The van der Waals surface area contributed by atoms with Crippen LogP contribution in [0.5, 0.6) is 11.5 Å². The van der Waals surface area contributed by atoms with Gasteiger partial charge in [0.2, 0.25) is 11.8 Å². The van der Waals surface area contributed by atoms with E-state index < -0.39 is 0 Å². The van der Waals surface area contributed by atoms with E-state index in [2.05, 4.69) is 0 Å². The minimum atomic E-state index is -0.168. The van der Waals surface area contributed by atoms with E-state index in [-0.39, 0.29) is 23.7 Å². The second kappa shape index (κ2) is 6.22. The fraction of sp³-hybridized carbons (Fsp3) is 0.412. The monoisotopic (exact) mass is 301 g/mol. The van der Waals surface area contributed by atoms with Crippen LogP contribution in [0, 0.1) is 11.8 Å². The third-order valence-corrected chi connectivity index (χ3v) is 4.24. The van der Waals surface area contributed by atoms with Gasteiger partial charge in [0, 0.05) is 0 Å². The molecule has 0 N–H and O–H groups in total. The number of fused-ring (bicyclic) bond motifs is 1. The third kappa shape index (κ3) is 2.71. The van der Waals surface area contributed by atoms with E-state index in [4.69, 9.17) is 9.47 Å². The highest BCUT2D eigenvalue weighted by molar-refractivity contribution is 6.05. The predicted octanol–water partition coefficient (Wildman–Crippen LogP) is 2.03. The first kappa shape index (κ1) is 14.6. The van der Waals surface area contributed by atoms with Crippen LogP contribution in [-0.2, 0) is 9.59 Å². The Morgan fingerprint density at radius 3 is 2.09 bits per heavy atom. The van der Waals surface area contributed by atoms with Gasteiger partial charge in [0.1, 0.15) is 18.1 Å². The lowest BCUT2D eigenvalue weighted by molar-refractivity contribution is -0.140. The summed E-state index contributed by atoms with van der Waals surface area (Å²) in [7, 11) is 1.61. The highest BCUT2D eigenvalue weighted by Gasteiger charge is 2.46. The van der Waals surface area contributed by atoms with E-state index in [0.29, 0.717) is 31.7 Å². The van der Waals surface area contributed by atoms with Crippen molar-refractivity contribution in [2.24, 2.45) is 11.8 Å². The van der Waals surface area contributed by atoms with Gasteiger partial charge >= 0.3 is 0 Å². The van der Waals surface area contributed by atoms with Crippen LogP contribution in [0.2, 0.25) is 0 Å². The lowest BCUT2D eigenvalue weighted by atomic mass is 9.85. The number of carbonyl (C=O) groups excluding carboxylic acids is 2. The fourth-order valence-corrected chi connectivity index (χ4v) is 3.02. The summed E-state index contributed by atoms with van der Waals surface area (Å²) in [5.74, 6) is 1.00. The van der Waals surface area contributed by atoms with E-state index in [1.54, 1.807) is 19.2 Å². The molecule has 5 nitrogen and oxygen atoms in total. The number of imide groups is 1. The van der Waals surface area contributed by atoms with Crippen molar-refractivity contribution in [1.82, 2.24) is 4.90 Å². The summed E-state index contributed by atoms with van der Waals surface area (Å²) in [6, 6.07) is 7.22. The molecule has 1 aromatic rings. The lowest BCUT2D eigenvalue weighted by Crippen LogP contribution is -2.34. The zero-order chi connectivity index (χ0) is 15.5. The van der Waals surface area contributed by atoms with Crippen LogP contribution in [0.3, 0.4) is 0 Å². The molecule has 0 saturated carbocycles. The van der Waals surface area contributed by atoms with Crippen LogP contribution in [0.4, 0.5) is 0 Å². The number of likely N-dealkylation sites (tertiary alicyclic amines) is 1. The Morgan fingerprint density at radius 1 is 1.00 bits per heavy atom. The number of methoxy groups -OCH3 is 1. The maximum absolute atomic E-state index is 12.3. The molecule has 3 rings (SSSR count). The van der Waals surface area contributed by atoms with Crippen LogP contribution in [0.25, 0.3) is 0 Å². The number of rotatable bonds is 5. The third-order valence-electron chi connectivity index (χ3n) is 4.24. The average Bonchev–Trinajstić information content (AvgIpc) is 2.81. The van der Waals surface area contributed by atoms with Gasteiger partial charge in [-0.3, -0.25) is 14.5 Å². The number of benzene rings is 1. The second-order valence-corrected chi connectivity index (χ2v) is 5.51. The molecule has 0 spiro atoms. The van der Waals surface area contributed by atoms with Crippen molar-refractivity contribution in [2.75, 3.05) is 20.3 Å². The molecule has 1 aliphatic heterocycles. The molecular formula is C17H19NO4. The zero-order valence-electron chi connectivity index (χ0n) is 12.5. The quantitative estimate of drug-likeness (QED) is 0.617. The van der Waals surface area contributed by atoms with Crippen molar-refractivity contribution >= 4 is 11.8 Å². The molecule has 0 unspecified atom stereocenters. The minimum absolute atomic E-state index is 0.0577. The molecule has 1 aromatic carbocycles. The Morgan fingerprint density at radius 2 is 1.55 bits per heavy atom. The first-order valence-corrected chi connectivity index (χ1v) is 7.48. The Balaban J connectivity index is 1.55. The number of hydrogen-bond donors (Lipinski definition) is 0. The van der Waals surface area contributed by atoms with Crippen LogP contribution >= 0.6 is 0 Å². The Labute approximate surface area is 129 Å². The molecule has 5 heteroatoms. The van der Waals surface area contributed by atoms with Crippen molar-refractivity contribution in [3.8, 4) is 11.5 Å². The van der Waals surface area contributed by atoms with Gasteiger partial charge < -0.3 is 9.47 Å². The summed E-state index contributed by atoms with van der Waals surface area (Å²) in [4.78, 5) is 25.9. The summed E-state index contributed by atoms with van der Waals surface area (Å²) < 4.78 is 10.7. The number of carbonyl (C=O) groups is 2. The topological polar surface area (TPSA) is 55.8 Å². The van der Waals surface area contributed by atoms with Gasteiger partial charge in [-0.15, -0.1) is 0 Å². The molecule has 0 bridgehead atoms. The van der Waals surface area contributed by atoms with E-state index in [1.807, 2.05) is 24.3 Å². The zero-order valence-corrected chi connectivity index (χ0v) is 12.5. The van der Waals surface area contributed by atoms with Crippen LogP contribution < -0.4 is 9.47 Å². The fourth-order valence-electron chi connectivity index (χ4n) is 3.02. The Kier molecular flexibility index (Phi) is 4.13. The van der Waals surface area contributed by atoms with Gasteiger partial charge in [-0.25, -0.2) is 0 Å². The Bertz CT molecular complexity index is 567. The van der Waals surface area contributed by atoms with Crippen LogP contribution in [0.15, 0.2) is 36.4 Å². The van der Waals surface area contributed by atoms with E-state index in [1.165, 1.54) is 4.90 Å². The normalized spacial score (nSPS) is 23.6. The molecule has 0 radical (unpaired) electrons. The minimum Gasteiger partial charge on any atom is -0.497 e. The molecule has 1 heterocycles. The van der Waals surface area contributed by atoms with Crippen LogP contribution in [0.1, 0.15) is 12.8 Å². The van der Waals surface area contributed by atoms with Gasteiger partial charge in [-0.2, -0.15) is 0 Å². The predicted molar refractivity (Wildman–Crippen MR) is 80.6 cm³/mol. The number of hydrogen-bond acceptors (Lipinski definition) is 4. The molecule has 2 amide bonds. The molecule has 1 fully saturated rings. The number of ether oxygens (including phenoxy) is 2. The summed E-state index contributed by atoms with van der Waals surface area (Å²) in [6.45, 7) is 0.605. The maximum atomic E-state index is 12.3. The van der Waals surface area contributed by atoms with Crippen molar-refractivity contribution in [2.45, 2.75) is 12.8 Å². The van der Waals surface area contributed by atoms with Crippen molar-refractivity contribution in [3.63, 3.8) is 0 Å². The van der Waals surface area contributed by atoms with Gasteiger partial charge in [0.05, 0.1) is 25.5 Å². The summed E-state index contributed by atoms with van der Waals surface area (Å²) in [5, 5.41) is 0. The summed E-state index contributed by atoms with van der Waals surface area (Å²) in [6.07, 6.45) is 5.32. The SMILES string of the molecule is COc1ccc(OCCN2C(=O)[C@H]3CC=CC[C@H]3C2=O)cc1. The molecule has 2 aliphatic rings. The van der Waals surface area contributed by atoms with E-state index >= 15 is 0 Å². The molecule has 2 atom stereocenters. The van der Waals surface area contributed by atoms with E-state index in [0.717, 1.165) is 5.75 Å². The molecule has 1 saturated heterocycles. The van der Waals surface area contributed by atoms with Gasteiger partial charge in [0.25, 0.3) is 0 Å². The Hall–Kier alpha value is -2.30. The summed E-state index contributed by atoms with van der Waals surface area (Å²) >= 11 is 0. The number of amides is 2. The summed E-state index contributed by atoms with van der Waals surface area (Å²) in [5.41, 5.74) is 0. The lowest BCUT2D eigenvalue weighted by Gasteiger charge is -2.15. The standard InChI is InChI=1S/C17H19NO4/c1-21-12-6-8-13(9-7-12)22-11-10-18-16(19)14-4-2-3-5-15(14)17(18)20/h2-3,6-9,14-15H,4-5,10-11H2,1H3/t14-,15+. The van der Waals surface area contributed by atoms with Crippen molar-refractivity contribution < 1.29 is 19.1 Å². The van der Waals surface area contributed by atoms with Gasteiger partial charge in [-0.1, -0.05) is 12.2 Å². The highest BCUT2D eigenvalue weighted by atomic mass is 16.5. The van der Waals surface area contributed by atoms with Crippen molar-refractivity contribution in [3.05, 3.63) is 36.4 Å². The van der Waals surface area contributed by atoms with Gasteiger partial charge in [-0.05, 0) is 37.1 Å². The molecule has 116 valence electrons. The number of allylic oxidation sites excluding steroid dienone is 2.